The average Bonchev–Trinajstić information content (AvgIpc) is 2.30. The van der Waals surface area contributed by atoms with E-state index in [9.17, 15) is 14.0 Å². The van der Waals surface area contributed by atoms with Gasteiger partial charge >= 0.3 is 0 Å². The van der Waals surface area contributed by atoms with Gasteiger partial charge in [-0.05, 0) is 24.6 Å². The number of aryl methyl sites for hydroxylation is 1. The van der Waals surface area contributed by atoms with Crippen LogP contribution in [0.25, 0.3) is 0 Å². The Morgan fingerprint density at radius 2 is 2.00 bits per heavy atom. The molecule has 0 saturated carbocycles. The third-order valence-electron chi connectivity index (χ3n) is 2.03. The highest BCUT2D eigenvalue weighted by atomic mass is 35.5. The molecule has 2 amide bonds. The Balaban J connectivity index is 0.00000289. The summed E-state index contributed by atoms with van der Waals surface area (Å²) >= 11 is 0. The lowest BCUT2D eigenvalue weighted by Gasteiger charge is -2.07. The first-order valence-corrected chi connectivity index (χ1v) is 5.05. The molecular formula is C11H15ClFN3O2. The molecule has 4 N–H and O–H groups in total. The number of hydrogen-bond donors (Lipinski definition) is 3. The maximum atomic E-state index is 13.3. The molecule has 7 heteroatoms. The van der Waals surface area contributed by atoms with Gasteiger partial charge in [0.2, 0.25) is 11.8 Å². The minimum Gasteiger partial charge on any atom is -0.346 e. The number of anilines is 1. The summed E-state index contributed by atoms with van der Waals surface area (Å²) in [5, 5.41) is 4.65. The highest BCUT2D eigenvalue weighted by molar-refractivity contribution is 5.94. The second kappa shape index (κ2) is 7.62. The highest BCUT2D eigenvalue weighted by Gasteiger charge is 2.08. The lowest BCUT2D eigenvalue weighted by Crippen LogP contribution is -2.36. The lowest BCUT2D eigenvalue weighted by atomic mass is 10.2. The third-order valence-corrected chi connectivity index (χ3v) is 2.03. The lowest BCUT2D eigenvalue weighted by molar-refractivity contribution is -0.123. The van der Waals surface area contributed by atoms with Crippen molar-refractivity contribution in [1.29, 1.82) is 0 Å². The van der Waals surface area contributed by atoms with Crippen molar-refractivity contribution in [3.8, 4) is 0 Å². The quantitative estimate of drug-likeness (QED) is 0.751. The van der Waals surface area contributed by atoms with E-state index in [1.807, 2.05) is 0 Å². The number of rotatable bonds is 4. The third kappa shape index (κ3) is 5.11. The van der Waals surface area contributed by atoms with Gasteiger partial charge in [-0.3, -0.25) is 9.59 Å². The predicted molar refractivity (Wildman–Crippen MR) is 69.1 cm³/mol. The molecule has 100 valence electrons. The number of halogens is 2. The van der Waals surface area contributed by atoms with Gasteiger partial charge in [-0.1, -0.05) is 6.07 Å². The van der Waals surface area contributed by atoms with E-state index < -0.39 is 17.6 Å². The Labute approximate surface area is 110 Å². The van der Waals surface area contributed by atoms with Gasteiger partial charge < -0.3 is 16.4 Å². The number of carbonyl (C=O) groups excluding carboxylic acids is 2. The van der Waals surface area contributed by atoms with Crippen molar-refractivity contribution in [2.24, 2.45) is 5.73 Å². The zero-order chi connectivity index (χ0) is 12.8. The van der Waals surface area contributed by atoms with Crippen LogP contribution in [0, 0.1) is 12.7 Å². The van der Waals surface area contributed by atoms with E-state index in [0.29, 0.717) is 0 Å². The van der Waals surface area contributed by atoms with Crippen molar-refractivity contribution in [2.45, 2.75) is 6.92 Å². The van der Waals surface area contributed by atoms with Gasteiger partial charge in [-0.25, -0.2) is 4.39 Å². The Hall–Kier alpha value is -1.66. The molecule has 0 atom stereocenters. The van der Waals surface area contributed by atoms with Gasteiger partial charge in [0.05, 0.1) is 18.8 Å². The zero-order valence-electron chi connectivity index (χ0n) is 9.83. The van der Waals surface area contributed by atoms with Crippen LogP contribution in [0.15, 0.2) is 18.2 Å². The zero-order valence-corrected chi connectivity index (χ0v) is 10.6. The molecule has 0 aromatic heterocycles. The van der Waals surface area contributed by atoms with Crippen molar-refractivity contribution in [3.05, 3.63) is 29.6 Å². The predicted octanol–water partition coefficient (Wildman–Crippen LogP) is 0.569. The van der Waals surface area contributed by atoms with E-state index >= 15 is 0 Å². The summed E-state index contributed by atoms with van der Waals surface area (Å²) in [5.74, 6) is -1.46. The van der Waals surface area contributed by atoms with E-state index in [2.05, 4.69) is 10.6 Å². The van der Waals surface area contributed by atoms with Crippen molar-refractivity contribution < 1.29 is 14.0 Å². The molecule has 0 radical (unpaired) electrons. The van der Waals surface area contributed by atoms with Crippen molar-refractivity contribution in [1.82, 2.24) is 5.32 Å². The summed E-state index contributed by atoms with van der Waals surface area (Å²) in [6.07, 6.45) is 0. The molecule has 0 bridgehead atoms. The molecule has 0 spiro atoms. The fraction of sp³-hybridized carbons (Fsp3) is 0.273. The summed E-state index contributed by atoms with van der Waals surface area (Å²) < 4.78 is 13.3. The molecule has 1 aromatic carbocycles. The number of amides is 2. The smallest absolute Gasteiger partial charge is 0.243 e. The van der Waals surface area contributed by atoms with Gasteiger partial charge in [0, 0.05) is 0 Å². The molecular weight excluding hydrogens is 261 g/mol. The van der Waals surface area contributed by atoms with Crippen molar-refractivity contribution in [3.63, 3.8) is 0 Å². The summed E-state index contributed by atoms with van der Waals surface area (Å²) in [6.45, 7) is 1.36. The maximum absolute atomic E-state index is 13.3. The van der Waals surface area contributed by atoms with Crippen molar-refractivity contribution >= 4 is 29.9 Å². The maximum Gasteiger partial charge on any atom is 0.243 e. The van der Waals surface area contributed by atoms with Crippen LogP contribution in [0.5, 0.6) is 0 Å². The van der Waals surface area contributed by atoms with Crippen LogP contribution in [0.4, 0.5) is 10.1 Å². The molecule has 0 saturated heterocycles. The molecule has 18 heavy (non-hydrogen) atoms. The molecule has 0 aliphatic carbocycles. The average molecular weight is 276 g/mol. The van der Waals surface area contributed by atoms with E-state index in [4.69, 9.17) is 5.73 Å². The minimum atomic E-state index is -0.519. The Bertz CT molecular complexity index is 440. The van der Waals surface area contributed by atoms with Crippen LogP contribution < -0.4 is 16.4 Å². The first-order valence-electron chi connectivity index (χ1n) is 5.05. The fourth-order valence-electron chi connectivity index (χ4n) is 1.18. The molecule has 0 aliphatic rings. The number of hydrogen-bond acceptors (Lipinski definition) is 3. The Morgan fingerprint density at radius 3 is 2.61 bits per heavy atom. The van der Waals surface area contributed by atoms with Crippen LogP contribution in [0.2, 0.25) is 0 Å². The van der Waals surface area contributed by atoms with Crippen LogP contribution >= 0.6 is 12.4 Å². The molecule has 0 unspecified atom stereocenters. The van der Waals surface area contributed by atoms with Gasteiger partial charge in [-0.2, -0.15) is 0 Å². The van der Waals surface area contributed by atoms with Crippen LogP contribution in [0.3, 0.4) is 0 Å². The van der Waals surface area contributed by atoms with Gasteiger partial charge in [0.1, 0.15) is 5.82 Å². The molecule has 5 nitrogen and oxygen atoms in total. The monoisotopic (exact) mass is 275 g/mol. The van der Waals surface area contributed by atoms with Gasteiger partial charge in [-0.15, -0.1) is 12.4 Å². The van der Waals surface area contributed by atoms with Crippen LogP contribution in [-0.4, -0.2) is 24.9 Å². The second-order valence-electron chi connectivity index (χ2n) is 3.51. The summed E-state index contributed by atoms with van der Waals surface area (Å²) in [6, 6.07) is 4.38. The van der Waals surface area contributed by atoms with Crippen LogP contribution in [-0.2, 0) is 9.59 Å². The fourth-order valence-corrected chi connectivity index (χ4v) is 1.18. The second-order valence-corrected chi connectivity index (χ2v) is 3.51. The number of carbonyl (C=O) groups is 2. The van der Waals surface area contributed by atoms with E-state index in [-0.39, 0.29) is 31.2 Å². The number of nitrogens with two attached hydrogens (primary N) is 1. The number of nitrogens with one attached hydrogen (secondary N) is 2. The van der Waals surface area contributed by atoms with E-state index in [0.717, 1.165) is 5.56 Å². The van der Waals surface area contributed by atoms with Crippen LogP contribution in [0.1, 0.15) is 5.56 Å². The topological polar surface area (TPSA) is 84.2 Å². The van der Waals surface area contributed by atoms with Crippen molar-refractivity contribution in [2.75, 3.05) is 18.4 Å². The molecule has 0 heterocycles. The van der Waals surface area contributed by atoms with E-state index in [1.54, 1.807) is 13.0 Å². The van der Waals surface area contributed by atoms with Gasteiger partial charge in [0.25, 0.3) is 0 Å². The largest absolute Gasteiger partial charge is 0.346 e. The molecule has 0 fully saturated rings. The first kappa shape index (κ1) is 16.3. The number of benzene rings is 1. The molecule has 0 aliphatic heterocycles. The summed E-state index contributed by atoms with van der Waals surface area (Å²) in [7, 11) is 0. The first-order chi connectivity index (χ1) is 8.02. The normalized spacial score (nSPS) is 9.28. The molecule has 1 rings (SSSR count). The SMILES string of the molecule is Cc1ccc(F)c(NC(=O)CNC(=O)CN)c1.Cl. The summed E-state index contributed by atoms with van der Waals surface area (Å²) in [4.78, 5) is 22.2. The summed E-state index contributed by atoms with van der Waals surface area (Å²) in [5.41, 5.74) is 5.97. The van der Waals surface area contributed by atoms with Gasteiger partial charge in [0.15, 0.2) is 0 Å². The minimum absolute atomic E-state index is 0. The standard InChI is InChI=1S/C11H14FN3O2.ClH/c1-7-2-3-8(12)9(4-7)15-11(17)6-14-10(16)5-13;/h2-4H,5-6,13H2,1H3,(H,14,16)(H,15,17);1H. The van der Waals surface area contributed by atoms with E-state index in [1.165, 1.54) is 12.1 Å². The highest BCUT2D eigenvalue weighted by Crippen LogP contribution is 2.15. The Kier molecular flexibility index (Phi) is 6.92. The molecule has 1 aromatic rings. The Morgan fingerprint density at radius 1 is 1.33 bits per heavy atom.